The van der Waals surface area contributed by atoms with Gasteiger partial charge in [0.2, 0.25) is 0 Å². The molecule has 88 valence electrons. The first-order valence-electron chi connectivity index (χ1n) is 5.81. The lowest BCUT2D eigenvalue weighted by Crippen LogP contribution is -2.53. The molecule has 0 aromatic carbocycles. The van der Waals surface area contributed by atoms with Gasteiger partial charge < -0.3 is 15.6 Å². The maximum atomic E-state index is 12.1. The number of aryl methyl sites for hydroxylation is 1. The molecule has 0 atom stereocenters. The fraction of sp³-hybridized carbons (Fsp3) is 0.583. The van der Waals surface area contributed by atoms with E-state index in [1.165, 1.54) is 6.42 Å². The van der Waals surface area contributed by atoms with E-state index in [4.69, 9.17) is 5.73 Å². The van der Waals surface area contributed by atoms with Crippen molar-refractivity contribution >= 4 is 11.6 Å². The third kappa shape index (κ3) is 1.79. The van der Waals surface area contributed by atoms with Crippen molar-refractivity contribution in [2.45, 2.75) is 38.1 Å². The van der Waals surface area contributed by atoms with Crippen LogP contribution in [0, 0.1) is 0 Å². The largest absolute Gasteiger partial charge is 0.397 e. The van der Waals surface area contributed by atoms with Gasteiger partial charge >= 0.3 is 0 Å². The SMILES string of the molecule is CCC1(NC(=O)c2cc(N)cn2C)CCC1. The molecule has 1 aromatic heterocycles. The molecule has 1 amide bonds. The summed E-state index contributed by atoms with van der Waals surface area (Å²) in [4.78, 5) is 12.1. The lowest BCUT2D eigenvalue weighted by molar-refractivity contribution is 0.0812. The van der Waals surface area contributed by atoms with Gasteiger partial charge in [0.1, 0.15) is 5.69 Å². The summed E-state index contributed by atoms with van der Waals surface area (Å²) in [5, 5.41) is 3.13. The lowest BCUT2D eigenvalue weighted by Gasteiger charge is -2.42. The van der Waals surface area contributed by atoms with E-state index in [9.17, 15) is 4.79 Å². The molecule has 0 bridgehead atoms. The number of carbonyl (C=O) groups is 1. The van der Waals surface area contributed by atoms with E-state index in [1.54, 1.807) is 16.8 Å². The van der Waals surface area contributed by atoms with Crippen LogP contribution in [0.2, 0.25) is 0 Å². The molecule has 16 heavy (non-hydrogen) atoms. The highest BCUT2D eigenvalue weighted by atomic mass is 16.2. The zero-order chi connectivity index (χ0) is 11.8. The van der Waals surface area contributed by atoms with Gasteiger partial charge in [-0.1, -0.05) is 6.92 Å². The lowest BCUT2D eigenvalue weighted by atomic mass is 9.75. The Labute approximate surface area is 95.8 Å². The maximum absolute atomic E-state index is 12.1. The van der Waals surface area contributed by atoms with Crippen LogP contribution in [0.15, 0.2) is 12.3 Å². The Kier molecular flexibility index (Phi) is 2.66. The number of carbonyl (C=O) groups excluding carboxylic acids is 1. The highest BCUT2D eigenvalue weighted by Gasteiger charge is 2.36. The zero-order valence-corrected chi connectivity index (χ0v) is 9.92. The van der Waals surface area contributed by atoms with Crippen molar-refractivity contribution in [3.8, 4) is 0 Å². The first-order chi connectivity index (χ1) is 7.56. The molecule has 1 saturated carbocycles. The number of hydrogen-bond acceptors (Lipinski definition) is 2. The second-order valence-electron chi connectivity index (χ2n) is 4.71. The van der Waals surface area contributed by atoms with Gasteiger partial charge in [-0.05, 0) is 31.7 Å². The summed E-state index contributed by atoms with van der Waals surface area (Å²) < 4.78 is 1.77. The van der Waals surface area contributed by atoms with Crippen LogP contribution in [-0.4, -0.2) is 16.0 Å². The number of nitrogens with one attached hydrogen (secondary N) is 1. The van der Waals surface area contributed by atoms with E-state index in [0.717, 1.165) is 19.3 Å². The van der Waals surface area contributed by atoms with Crippen LogP contribution in [0.3, 0.4) is 0 Å². The summed E-state index contributed by atoms with van der Waals surface area (Å²) in [6.45, 7) is 2.12. The Balaban J connectivity index is 2.11. The van der Waals surface area contributed by atoms with Crippen LogP contribution in [-0.2, 0) is 7.05 Å². The molecule has 1 aliphatic carbocycles. The predicted octanol–water partition coefficient (Wildman–Crippen LogP) is 1.67. The Morgan fingerprint density at radius 3 is 2.69 bits per heavy atom. The topological polar surface area (TPSA) is 60.1 Å². The standard InChI is InChI=1S/C12H19N3O/c1-3-12(5-4-6-12)14-11(16)10-7-9(13)8-15(10)2/h7-8H,3-6,13H2,1-2H3,(H,14,16). The molecule has 0 radical (unpaired) electrons. The van der Waals surface area contributed by atoms with Crippen LogP contribution in [0.5, 0.6) is 0 Å². The second-order valence-corrected chi connectivity index (χ2v) is 4.71. The molecular formula is C12H19N3O. The third-order valence-electron chi connectivity index (χ3n) is 3.62. The Bertz CT molecular complexity index is 399. The number of nitrogens with zero attached hydrogens (tertiary/aromatic N) is 1. The Morgan fingerprint density at radius 1 is 1.62 bits per heavy atom. The number of anilines is 1. The fourth-order valence-electron chi connectivity index (χ4n) is 2.29. The average molecular weight is 221 g/mol. The van der Waals surface area contributed by atoms with Gasteiger partial charge in [0.05, 0.1) is 5.69 Å². The molecule has 1 heterocycles. The molecular weight excluding hydrogens is 202 g/mol. The van der Waals surface area contributed by atoms with E-state index < -0.39 is 0 Å². The van der Waals surface area contributed by atoms with Crippen molar-refractivity contribution < 1.29 is 4.79 Å². The second kappa shape index (κ2) is 3.85. The average Bonchev–Trinajstić information content (AvgIpc) is 2.51. The van der Waals surface area contributed by atoms with Crippen LogP contribution >= 0.6 is 0 Å². The summed E-state index contributed by atoms with van der Waals surface area (Å²) >= 11 is 0. The molecule has 1 aliphatic rings. The normalized spacial score (nSPS) is 17.9. The Hall–Kier alpha value is -1.45. The van der Waals surface area contributed by atoms with Gasteiger partial charge in [-0.25, -0.2) is 0 Å². The molecule has 4 heteroatoms. The molecule has 2 rings (SSSR count). The molecule has 0 unspecified atom stereocenters. The minimum Gasteiger partial charge on any atom is -0.397 e. The molecule has 1 aromatic rings. The van der Waals surface area contributed by atoms with Crippen molar-refractivity contribution in [3.05, 3.63) is 18.0 Å². The third-order valence-corrected chi connectivity index (χ3v) is 3.62. The van der Waals surface area contributed by atoms with E-state index in [-0.39, 0.29) is 11.4 Å². The molecule has 1 fully saturated rings. The number of hydrogen-bond donors (Lipinski definition) is 2. The molecule has 3 N–H and O–H groups in total. The Morgan fingerprint density at radius 2 is 2.31 bits per heavy atom. The van der Waals surface area contributed by atoms with Crippen LogP contribution < -0.4 is 11.1 Å². The molecule has 4 nitrogen and oxygen atoms in total. The molecule has 0 spiro atoms. The van der Waals surface area contributed by atoms with Gasteiger partial charge in [0, 0.05) is 18.8 Å². The number of rotatable bonds is 3. The summed E-state index contributed by atoms with van der Waals surface area (Å²) in [5.74, 6) is -0.0132. The van der Waals surface area contributed by atoms with Gasteiger partial charge in [-0.15, -0.1) is 0 Å². The summed E-state index contributed by atoms with van der Waals surface area (Å²) in [6, 6.07) is 1.72. The highest BCUT2D eigenvalue weighted by Crippen LogP contribution is 2.34. The van der Waals surface area contributed by atoms with Crippen molar-refractivity contribution in [3.63, 3.8) is 0 Å². The van der Waals surface area contributed by atoms with Crippen LogP contribution in [0.1, 0.15) is 43.1 Å². The quantitative estimate of drug-likeness (QED) is 0.815. The van der Waals surface area contributed by atoms with Crippen molar-refractivity contribution in [1.82, 2.24) is 9.88 Å². The number of nitrogen functional groups attached to an aromatic ring is 1. The number of amides is 1. The van der Waals surface area contributed by atoms with Gasteiger partial charge in [-0.3, -0.25) is 4.79 Å². The summed E-state index contributed by atoms with van der Waals surface area (Å²) in [6.07, 6.45) is 6.15. The number of nitrogens with two attached hydrogens (primary N) is 1. The van der Waals surface area contributed by atoms with Crippen molar-refractivity contribution in [1.29, 1.82) is 0 Å². The fourth-order valence-corrected chi connectivity index (χ4v) is 2.29. The monoisotopic (exact) mass is 221 g/mol. The van der Waals surface area contributed by atoms with Crippen molar-refractivity contribution in [2.24, 2.45) is 7.05 Å². The van der Waals surface area contributed by atoms with Crippen molar-refractivity contribution in [2.75, 3.05) is 5.73 Å². The smallest absolute Gasteiger partial charge is 0.268 e. The summed E-state index contributed by atoms with van der Waals surface area (Å²) in [7, 11) is 1.84. The van der Waals surface area contributed by atoms with E-state index >= 15 is 0 Å². The minimum absolute atomic E-state index is 0.0132. The van der Waals surface area contributed by atoms with E-state index in [2.05, 4.69) is 12.2 Å². The first-order valence-corrected chi connectivity index (χ1v) is 5.81. The zero-order valence-electron chi connectivity index (χ0n) is 9.92. The first kappa shape index (κ1) is 11.0. The van der Waals surface area contributed by atoms with Gasteiger partial charge in [0.15, 0.2) is 0 Å². The predicted molar refractivity (Wildman–Crippen MR) is 64.2 cm³/mol. The van der Waals surface area contributed by atoms with Crippen LogP contribution in [0.25, 0.3) is 0 Å². The molecule has 0 aliphatic heterocycles. The highest BCUT2D eigenvalue weighted by molar-refractivity contribution is 5.94. The maximum Gasteiger partial charge on any atom is 0.268 e. The van der Waals surface area contributed by atoms with Gasteiger partial charge in [-0.2, -0.15) is 0 Å². The van der Waals surface area contributed by atoms with E-state index in [1.807, 2.05) is 7.05 Å². The minimum atomic E-state index is -0.0132. The van der Waals surface area contributed by atoms with Gasteiger partial charge in [0.25, 0.3) is 5.91 Å². The number of aromatic nitrogens is 1. The van der Waals surface area contributed by atoms with Crippen LogP contribution in [0.4, 0.5) is 5.69 Å². The molecule has 0 saturated heterocycles. The van der Waals surface area contributed by atoms with E-state index in [0.29, 0.717) is 11.4 Å². The summed E-state index contributed by atoms with van der Waals surface area (Å²) in [5.41, 5.74) is 6.96.